The van der Waals surface area contributed by atoms with Crippen LogP contribution in [0.25, 0.3) is 6.08 Å². The second-order valence-electron chi connectivity index (χ2n) is 5.61. The van der Waals surface area contributed by atoms with E-state index in [-0.39, 0.29) is 0 Å². The molecule has 2 aromatic rings. The fourth-order valence-electron chi connectivity index (χ4n) is 2.44. The summed E-state index contributed by atoms with van der Waals surface area (Å²) in [6, 6.07) is 15.0. The lowest BCUT2D eigenvalue weighted by Crippen LogP contribution is -2.35. The maximum atomic E-state index is 12.9. The Bertz CT molecular complexity index is 662. The van der Waals surface area contributed by atoms with Gasteiger partial charge >= 0.3 is 6.18 Å². The molecule has 0 fully saturated rings. The van der Waals surface area contributed by atoms with Gasteiger partial charge in [-0.3, -0.25) is 0 Å². The van der Waals surface area contributed by atoms with Crippen LogP contribution in [0.3, 0.4) is 0 Å². The van der Waals surface area contributed by atoms with Crippen molar-refractivity contribution in [2.75, 3.05) is 0 Å². The molecule has 0 saturated carbocycles. The lowest BCUT2D eigenvalue weighted by molar-refractivity contribution is -0.137. The van der Waals surface area contributed by atoms with Crippen molar-refractivity contribution in [2.45, 2.75) is 31.5 Å². The normalized spacial score (nSPS) is 14.8. The van der Waals surface area contributed by atoms with Crippen molar-refractivity contribution in [3.63, 3.8) is 0 Å². The molecule has 122 valence electrons. The Morgan fingerprint density at radius 3 is 2.22 bits per heavy atom. The molecule has 2 rings (SSSR count). The highest BCUT2D eigenvalue weighted by molar-refractivity contribution is 5.49. The molecule has 0 aromatic heterocycles. The van der Waals surface area contributed by atoms with Gasteiger partial charge in [0.1, 0.15) is 0 Å². The Morgan fingerprint density at radius 2 is 1.61 bits per heavy atom. The summed E-state index contributed by atoms with van der Waals surface area (Å²) in [5.41, 5.74) is 6.45. The van der Waals surface area contributed by atoms with Crippen molar-refractivity contribution < 1.29 is 13.2 Å². The lowest BCUT2D eigenvalue weighted by atomic mass is 9.84. The number of alkyl halides is 3. The highest BCUT2D eigenvalue weighted by Crippen LogP contribution is 2.33. The van der Waals surface area contributed by atoms with Crippen LogP contribution in [-0.4, -0.2) is 0 Å². The third-order valence-electron chi connectivity index (χ3n) is 3.99. The first-order valence-electron chi connectivity index (χ1n) is 7.53. The second-order valence-corrected chi connectivity index (χ2v) is 5.61. The van der Waals surface area contributed by atoms with Gasteiger partial charge in [0, 0.05) is 5.54 Å². The van der Waals surface area contributed by atoms with Gasteiger partial charge in [0.2, 0.25) is 0 Å². The van der Waals surface area contributed by atoms with E-state index in [0.717, 1.165) is 17.7 Å². The van der Waals surface area contributed by atoms with E-state index >= 15 is 0 Å². The van der Waals surface area contributed by atoms with Crippen LogP contribution >= 0.6 is 0 Å². The maximum Gasteiger partial charge on any atom is 0.416 e. The van der Waals surface area contributed by atoms with E-state index in [9.17, 15) is 13.2 Å². The zero-order valence-corrected chi connectivity index (χ0v) is 13.0. The van der Waals surface area contributed by atoms with Crippen LogP contribution in [0.15, 0.2) is 60.7 Å². The molecule has 0 aliphatic rings. The van der Waals surface area contributed by atoms with Gasteiger partial charge in [0.05, 0.1) is 5.56 Å². The molecule has 2 aromatic carbocycles. The molecule has 4 heteroatoms. The predicted octanol–water partition coefficient (Wildman–Crippen LogP) is 5.37. The van der Waals surface area contributed by atoms with Crippen molar-refractivity contribution in [1.82, 2.24) is 0 Å². The average molecular weight is 319 g/mol. The van der Waals surface area contributed by atoms with Gasteiger partial charge in [-0.2, -0.15) is 13.2 Å². The first-order valence-corrected chi connectivity index (χ1v) is 7.53. The quantitative estimate of drug-likeness (QED) is 0.787. The number of halogens is 3. The fraction of sp³-hybridized carbons (Fsp3) is 0.263. The molecule has 1 nitrogen and oxygen atoms in total. The molecular weight excluding hydrogens is 299 g/mol. The molecule has 0 bridgehead atoms. The molecule has 2 N–H and O–H groups in total. The Morgan fingerprint density at radius 1 is 0.957 bits per heavy atom. The van der Waals surface area contributed by atoms with Gasteiger partial charge in [-0.1, -0.05) is 61.5 Å². The van der Waals surface area contributed by atoms with Crippen LogP contribution < -0.4 is 5.73 Å². The molecule has 23 heavy (non-hydrogen) atoms. The highest BCUT2D eigenvalue weighted by atomic mass is 19.4. The van der Waals surface area contributed by atoms with E-state index in [2.05, 4.69) is 0 Å². The molecule has 0 aliphatic heterocycles. The van der Waals surface area contributed by atoms with Gasteiger partial charge in [0.15, 0.2) is 0 Å². The fourth-order valence-corrected chi connectivity index (χ4v) is 2.44. The summed E-state index contributed by atoms with van der Waals surface area (Å²) >= 11 is 0. The summed E-state index contributed by atoms with van der Waals surface area (Å²) in [7, 11) is 0. The largest absolute Gasteiger partial charge is 0.416 e. The maximum absolute atomic E-state index is 12.9. The molecule has 0 radical (unpaired) electrons. The van der Waals surface area contributed by atoms with E-state index < -0.39 is 17.3 Å². The zero-order valence-electron chi connectivity index (χ0n) is 13.0. The topological polar surface area (TPSA) is 26.0 Å². The molecule has 1 unspecified atom stereocenters. The minimum Gasteiger partial charge on any atom is -0.321 e. The third-order valence-corrected chi connectivity index (χ3v) is 3.99. The number of nitrogens with two attached hydrogens (primary N) is 1. The van der Waals surface area contributed by atoms with Gasteiger partial charge < -0.3 is 5.73 Å². The Balaban J connectivity index is 2.22. The van der Waals surface area contributed by atoms with Crippen molar-refractivity contribution in [1.29, 1.82) is 0 Å². The smallest absolute Gasteiger partial charge is 0.321 e. The highest BCUT2D eigenvalue weighted by Gasteiger charge is 2.32. The lowest BCUT2D eigenvalue weighted by Gasteiger charge is -2.28. The standard InChI is InChI=1S/C19H20F3N/c1-2-18(23,13-7-10-15-8-4-3-5-9-15)16-11-6-12-17(14-16)19(20,21)22/h3-12,14H,2,13,23H2,1H3. The van der Waals surface area contributed by atoms with Crippen molar-refractivity contribution >= 4 is 6.08 Å². The zero-order chi connectivity index (χ0) is 16.9. The summed E-state index contributed by atoms with van der Waals surface area (Å²) in [6.07, 6.45) is 0.516. The summed E-state index contributed by atoms with van der Waals surface area (Å²) in [6.45, 7) is 1.89. The predicted molar refractivity (Wildman–Crippen MR) is 87.7 cm³/mol. The Labute approximate surface area is 134 Å². The van der Waals surface area contributed by atoms with Crippen molar-refractivity contribution in [2.24, 2.45) is 5.73 Å². The molecule has 0 spiro atoms. The average Bonchev–Trinajstić information content (AvgIpc) is 2.55. The van der Waals surface area contributed by atoms with Crippen LogP contribution in [-0.2, 0) is 11.7 Å². The third kappa shape index (κ3) is 4.45. The van der Waals surface area contributed by atoms with E-state index in [1.165, 1.54) is 6.07 Å². The van der Waals surface area contributed by atoms with Gasteiger partial charge in [-0.05, 0) is 36.1 Å². The molecule has 0 amide bonds. The van der Waals surface area contributed by atoms with Crippen LogP contribution in [0.4, 0.5) is 13.2 Å². The number of hydrogen-bond donors (Lipinski definition) is 1. The van der Waals surface area contributed by atoms with Gasteiger partial charge in [-0.15, -0.1) is 0 Å². The van der Waals surface area contributed by atoms with E-state index in [0.29, 0.717) is 18.4 Å². The molecule has 1 atom stereocenters. The van der Waals surface area contributed by atoms with Crippen LogP contribution in [0.5, 0.6) is 0 Å². The molecule has 0 aliphatic carbocycles. The minimum absolute atomic E-state index is 0.472. The molecular formula is C19H20F3N. The summed E-state index contributed by atoms with van der Waals surface area (Å²) < 4.78 is 38.6. The molecule has 0 saturated heterocycles. The SMILES string of the molecule is CCC(N)(CC=Cc1ccccc1)c1cccc(C(F)(F)F)c1. The van der Waals surface area contributed by atoms with Gasteiger partial charge in [-0.25, -0.2) is 0 Å². The Kier molecular flexibility index (Phi) is 5.26. The summed E-state index contributed by atoms with van der Waals surface area (Å²) in [5, 5.41) is 0. The first-order chi connectivity index (χ1) is 10.8. The van der Waals surface area contributed by atoms with E-state index in [1.54, 1.807) is 6.07 Å². The minimum atomic E-state index is -4.36. The Hall–Kier alpha value is -2.07. The first kappa shape index (κ1) is 17.3. The number of hydrogen-bond acceptors (Lipinski definition) is 1. The van der Waals surface area contributed by atoms with Crippen LogP contribution in [0.1, 0.15) is 36.5 Å². The summed E-state index contributed by atoms with van der Waals surface area (Å²) in [5.74, 6) is 0. The van der Waals surface area contributed by atoms with E-state index in [4.69, 9.17) is 5.73 Å². The molecule has 0 heterocycles. The second kappa shape index (κ2) is 7.01. The number of benzene rings is 2. The van der Waals surface area contributed by atoms with Gasteiger partial charge in [0.25, 0.3) is 0 Å². The van der Waals surface area contributed by atoms with Crippen molar-refractivity contribution in [3.8, 4) is 0 Å². The summed E-state index contributed by atoms with van der Waals surface area (Å²) in [4.78, 5) is 0. The monoisotopic (exact) mass is 319 g/mol. The van der Waals surface area contributed by atoms with Crippen molar-refractivity contribution in [3.05, 3.63) is 77.4 Å². The van der Waals surface area contributed by atoms with Crippen LogP contribution in [0.2, 0.25) is 0 Å². The number of rotatable bonds is 5. The van der Waals surface area contributed by atoms with Crippen LogP contribution in [0, 0.1) is 0 Å². The van der Waals surface area contributed by atoms with E-state index in [1.807, 2.05) is 49.4 Å².